The zero-order valence-corrected chi connectivity index (χ0v) is 12.9. The van der Waals surface area contributed by atoms with Gasteiger partial charge in [0.25, 0.3) is 5.91 Å². The van der Waals surface area contributed by atoms with Gasteiger partial charge in [-0.05, 0) is 43.5 Å². The van der Waals surface area contributed by atoms with E-state index in [1.165, 1.54) is 12.8 Å². The van der Waals surface area contributed by atoms with Crippen LogP contribution in [-0.2, 0) is 0 Å². The molecule has 0 bridgehead atoms. The molecule has 3 nitrogen and oxygen atoms in total. The largest absolute Gasteiger partial charge is 0.351 e. The molecule has 1 aliphatic heterocycles. The highest BCUT2D eigenvalue weighted by Crippen LogP contribution is 2.14. The predicted octanol–water partition coefficient (Wildman–Crippen LogP) is 2.91. The molecule has 0 aromatic heterocycles. The lowest BCUT2D eigenvalue weighted by Crippen LogP contribution is -2.40. The Kier molecular flexibility index (Phi) is 5.40. The Hall–Kier alpha value is -0.870. The van der Waals surface area contributed by atoms with Gasteiger partial charge in [-0.25, -0.2) is 0 Å². The number of carbonyl (C=O) groups excluding carboxylic acids is 1. The number of carbonyl (C=O) groups is 1. The zero-order chi connectivity index (χ0) is 13.7. The molecule has 0 saturated carbocycles. The van der Waals surface area contributed by atoms with Crippen molar-refractivity contribution < 1.29 is 4.79 Å². The van der Waals surface area contributed by atoms with Crippen molar-refractivity contribution in [1.82, 2.24) is 10.2 Å². The van der Waals surface area contributed by atoms with E-state index in [1.807, 2.05) is 24.3 Å². The minimum atomic E-state index is 0.00589. The highest BCUT2D eigenvalue weighted by atomic mass is 79.9. The van der Waals surface area contributed by atoms with Gasteiger partial charge >= 0.3 is 0 Å². The molecule has 4 heteroatoms. The van der Waals surface area contributed by atoms with Crippen LogP contribution in [0.2, 0.25) is 0 Å². The van der Waals surface area contributed by atoms with E-state index in [4.69, 9.17) is 0 Å². The Labute approximate surface area is 123 Å². The fraction of sp³-hybridized carbons (Fsp3) is 0.533. The third-order valence-corrected chi connectivity index (χ3v) is 4.03. The topological polar surface area (TPSA) is 32.3 Å². The molecule has 1 saturated heterocycles. The first-order valence-corrected chi connectivity index (χ1v) is 7.70. The quantitative estimate of drug-likeness (QED) is 0.923. The smallest absolute Gasteiger partial charge is 0.251 e. The van der Waals surface area contributed by atoms with Crippen molar-refractivity contribution in [3.05, 3.63) is 34.3 Å². The number of nitrogens with one attached hydrogen (secondary N) is 1. The highest BCUT2D eigenvalue weighted by molar-refractivity contribution is 9.10. The maximum Gasteiger partial charge on any atom is 0.251 e. The number of piperidine rings is 1. The molecule has 0 unspecified atom stereocenters. The standard InChI is InChI=1S/C15H21BrN2O/c1-12-4-3-8-18(11-12)9-7-17-15(19)13-5-2-6-14(16)10-13/h2,5-6,10,12H,3-4,7-9,11H2,1H3,(H,17,19)/t12-/m1/s1. The van der Waals surface area contributed by atoms with Crippen LogP contribution >= 0.6 is 15.9 Å². The first-order chi connectivity index (χ1) is 9.15. The monoisotopic (exact) mass is 324 g/mol. The lowest BCUT2D eigenvalue weighted by Gasteiger charge is -2.30. The van der Waals surface area contributed by atoms with Gasteiger partial charge in [-0.1, -0.05) is 28.9 Å². The molecule has 1 amide bonds. The Morgan fingerprint density at radius 2 is 2.37 bits per heavy atom. The van der Waals surface area contributed by atoms with Crippen molar-refractivity contribution in [2.75, 3.05) is 26.2 Å². The molecular formula is C15H21BrN2O. The van der Waals surface area contributed by atoms with E-state index >= 15 is 0 Å². The van der Waals surface area contributed by atoms with Gasteiger partial charge in [-0.15, -0.1) is 0 Å². The number of hydrogen-bond donors (Lipinski definition) is 1. The summed E-state index contributed by atoms with van der Waals surface area (Å²) in [6.07, 6.45) is 2.61. The summed E-state index contributed by atoms with van der Waals surface area (Å²) in [7, 11) is 0. The molecule has 0 aliphatic carbocycles. The molecule has 19 heavy (non-hydrogen) atoms. The third kappa shape index (κ3) is 4.62. The second-order valence-electron chi connectivity index (χ2n) is 5.31. The van der Waals surface area contributed by atoms with Crippen molar-refractivity contribution in [1.29, 1.82) is 0 Å². The summed E-state index contributed by atoms with van der Waals surface area (Å²) >= 11 is 3.38. The van der Waals surface area contributed by atoms with Crippen LogP contribution < -0.4 is 5.32 Å². The van der Waals surface area contributed by atoms with Crippen molar-refractivity contribution in [2.24, 2.45) is 5.92 Å². The summed E-state index contributed by atoms with van der Waals surface area (Å²) in [5.41, 5.74) is 0.710. The normalized spacial score (nSPS) is 20.2. The number of amides is 1. The lowest BCUT2D eigenvalue weighted by atomic mass is 10.0. The van der Waals surface area contributed by atoms with Crippen LogP contribution in [0.5, 0.6) is 0 Å². The first kappa shape index (κ1) is 14.5. The first-order valence-electron chi connectivity index (χ1n) is 6.91. The van der Waals surface area contributed by atoms with Crippen LogP contribution in [-0.4, -0.2) is 37.0 Å². The van der Waals surface area contributed by atoms with Crippen molar-refractivity contribution >= 4 is 21.8 Å². The van der Waals surface area contributed by atoms with Crippen molar-refractivity contribution in [3.8, 4) is 0 Å². The molecule has 1 aromatic rings. The molecule has 0 radical (unpaired) electrons. The van der Waals surface area contributed by atoms with E-state index in [9.17, 15) is 4.79 Å². The van der Waals surface area contributed by atoms with Crippen LogP contribution in [0.25, 0.3) is 0 Å². The average molecular weight is 325 g/mol. The second-order valence-corrected chi connectivity index (χ2v) is 6.23. The SMILES string of the molecule is C[C@@H]1CCCN(CCNC(=O)c2cccc(Br)c2)C1. The molecule has 1 aliphatic rings. The van der Waals surface area contributed by atoms with Gasteiger partial charge < -0.3 is 10.2 Å². The molecular weight excluding hydrogens is 304 g/mol. The summed E-state index contributed by atoms with van der Waals surface area (Å²) < 4.78 is 0.935. The molecule has 0 spiro atoms. The summed E-state index contributed by atoms with van der Waals surface area (Å²) in [5.74, 6) is 0.792. The van der Waals surface area contributed by atoms with Gasteiger partial charge in [0.05, 0.1) is 0 Å². The number of benzene rings is 1. The van der Waals surface area contributed by atoms with E-state index in [2.05, 4.69) is 33.1 Å². The Balaban J connectivity index is 1.75. The summed E-state index contributed by atoms with van der Waals surface area (Å²) in [4.78, 5) is 14.4. The van der Waals surface area contributed by atoms with Gasteiger partial charge in [-0.3, -0.25) is 4.79 Å². The molecule has 1 aromatic carbocycles. The van der Waals surface area contributed by atoms with Gasteiger partial charge in [0.2, 0.25) is 0 Å². The van der Waals surface area contributed by atoms with Gasteiger partial charge in [-0.2, -0.15) is 0 Å². The fourth-order valence-corrected chi connectivity index (χ4v) is 2.95. The van der Waals surface area contributed by atoms with Crippen LogP contribution in [0.15, 0.2) is 28.7 Å². The average Bonchev–Trinajstić information content (AvgIpc) is 2.38. The van der Waals surface area contributed by atoms with E-state index in [1.54, 1.807) is 0 Å². The minimum absolute atomic E-state index is 0.00589. The second kappa shape index (κ2) is 7.06. The number of likely N-dealkylation sites (tertiary alicyclic amines) is 1. The van der Waals surface area contributed by atoms with Crippen molar-refractivity contribution in [2.45, 2.75) is 19.8 Å². The number of halogens is 1. The highest BCUT2D eigenvalue weighted by Gasteiger charge is 2.15. The van der Waals surface area contributed by atoms with Crippen LogP contribution in [0.4, 0.5) is 0 Å². The minimum Gasteiger partial charge on any atom is -0.351 e. The summed E-state index contributed by atoms with van der Waals surface area (Å²) in [6.45, 7) is 6.29. The van der Waals surface area contributed by atoms with Crippen molar-refractivity contribution in [3.63, 3.8) is 0 Å². The van der Waals surface area contributed by atoms with Gasteiger partial charge in [0.1, 0.15) is 0 Å². The molecule has 2 rings (SSSR count). The van der Waals surface area contributed by atoms with E-state index in [-0.39, 0.29) is 5.91 Å². The number of rotatable bonds is 4. The number of hydrogen-bond acceptors (Lipinski definition) is 2. The van der Waals surface area contributed by atoms with Crippen LogP contribution in [0.1, 0.15) is 30.1 Å². The Morgan fingerprint density at radius 3 is 3.11 bits per heavy atom. The Morgan fingerprint density at radius 1 is 1.53 bits per heavy atom. The van der Waals surface area contributed by atoms with Crippen LogP contribution in [0, 0.1) is 5.92 Å². The fourth-order valence-electron chi connectivity index (χ4n) is 2.55. The number of nitrogens with zero attached hydrogens (tertiary/aromatic N) is 1. The zero-order valence-electron chi connectivity index (χ0n) is 11.4. The Bertz CT molecular complexity index is 436. The molecule has 1 fully saturated rings. The maximum atomic E-state index is 12.0. The summed E-state index contributed by atoms with van der Waals surface area (Å²) in [6, 6.07) is 7.48. The van der Waals surface area contributed by atoms with Crippen LogP contribution in [0.3, 0.4) is 0 Å². The molecule has 1 heterocycles. The van der Waals surface area contributed by atoms with Gasteiger partial charge in [0.15, 0.2) is 0 Å². The molecule has 104 valence electrons. The third-order valence-electron chi connectivity index (χ3n) is 3.54. The summed E-state index contributed by atoms with van der Waals surface area (Å²) in [5, 5.41) is 2.99. The van der Waals surface area contributed by atoms with E-state index < -0.39 is 0 Å². The molecule has 1 N–H and O–H groups in total. The maximum absolute atomic E-state index is 12.0. The molecule has 1 atom stereocenters. The van der Waals surface area contributed by atoms with E-state index in [0.29, 0.717) is 5.56 Å². The van der Waals surface area contributed by atoms with Gasteiger partial charge in [0, 0.05) is 29.7 Å². The predicted molar refractivity (Wildman–Crippen MR) is 81.3 cm³/mol. The van der Waals surface area contributed by atoms with E-state index in [0.717, 1.165) is 36.6 Å². The lowest BCUT2D eigenvalue weighted by molar-refractivity contribution is 0.0943.